The molecule has 2 aromatic rings. The lowest BCUT2D eigenvalue weighted by atomic mass is 10.1. The van der Waals surface area contributed by atoms with E-state index in [0.717, 1.165) is 28.3 Å². The molecule has 0 bridgehead atoms. The average molecular weight is 410 g/mol. The number of carbonyl (C=O) groups excluding carboxylic acids is 1. The van der Waals surface area contributed by atoms with Crippen molar-refractivity contribution >= 4 is 12.0 Å². The van der Waals surface area contributed by atoms with Crippen molar-refractivity contribution in [2.45, 2.75) is 40.3 Å². The molecule has 1 amide bonds. The molecule has 0 aliphatic carbocycles. The molecule has 0 aliphatic rings. The highest BCUT2D eigenvalue weighted by Crippen LogP contribution is 2.23. The van der Waals surface area contributed by atoms with Crippen LogP contribution in [0.25, 0.3) is 6.08 Å². The summed E-state index contributed by atoms with van der Waals surface area (Å²) in [5.74, 6) is 0.493. The fourth-order valence-corrected chi connectivity index (χ4v) is 3.65. The van der Waals surface area contributed by atoms with Crippen molar-refractivity contribution < 1.29 is 14.3 Å². The van der Waals surface area contributed by atoms with Crippen molar-refractivity contribution in [3.63, 3.8) is 0 Å². The molecule has 1 aromatic heterocycles. The predicted molar refractivity (Wildman–Crippen MR) is 118 cm³/mol. The van der Waals surface area contributed by atoms with Gasteiger partial charge >= 0.3 is 0 Å². The first-order chi connectivity index (χ1) is 14.3. The van der Waals surface area contributed by atoms with Crippen molar-refractivity contribution in [2.75, 3.05) is 27.4 Å². The number of carbonyl (C=O) groups is 1. The SMILES string of the molecule is CCOc1ccc(CN(C)C(=O)/C(C#N)=C/c2cc(C)n(C(C)COC)c2C)cc1. The summed E-state index contributed by atoms with van der Waals surface area (Å²) in [6, 6.07) is 11.9. The molecule has 0 radical (unpaired) electrons. The average Bonchev–Trinajstić information content (AvgIpc) is 3.00. The van der Waals surface area contributed by atoms with Crippen LogP contribution in [0.4, 0.5) is 0 Å². The first-order valence-corrected chi connectivity index (χ1v) is 10.1. The van der Waals surface area contributed by atoms with Crippen LogP contribution in [0, 0.1) is 25.2 Å². The second kappa shape index (κ2) is 10.7. The van der Waals surface area contributed by atoms with Gasteiger partial charge < -0.3 is 18.9 Å². The van der Waals surface area contributed by atoms with Crippen LogP contribution in [-0.4, -0.2) is 42.7 Å². The molecule has 0 fully saturated rings. The molecule has 1 heterocycles. The molecule has 0 aliphatic heterocycles. The third-order valence-corrected chi connectivity index (χ3v) is 5.02. The Morgan fingerprint density at radius 3 is 2.53 bits per heavy atom. The number of methoxy groups -OCH3 is 1. The van der Waals surface area contributed by atoms with Gasteiger partial charge in [0.15, 0.2) is 0 Å². The van der Waals surface area contributed by atoms with Crippen LogP contribution < -0.4 is 4.74 Å². The van der Waals surface area contributed by atoms with Gasteiger partial charge in [-0.25, -0.2) is 0 Å². The molecule has 0 spiro atoms. The lowest BCUT2D eigenvalue weighted by molar-refractivity contribution is -0.125. The Hall–Kier alpha value is -3.04. The van der Waals surface area contributed by atoms with Gasteiger partial charge in [-0.15, -0.1) is 0 Å². The summed E-state index contributed by atoms with van der Waals surface area (Å²) in [4.78, 5) is 14.4. The second-order valence-electron chi connectivity index (χ2n) is 7.41. The third kappa shape index (κ3) is 5.52. The van der Waals surface area contributed by atoms with Gasteiger partial charge in [-0.05, 0) is 63.1 Å². The predicted octanol–water partition coefficient (Wildman–Crippen LogP) is 4.28. The maximum absolute atomic E-state index is 12.9. The van der Waals surface area contributed by atoms with E-state index >= 15 is 0 Å². The quantitative estimate of drug-likeness (QED) is 0.458. The first kappa shape index (κ1) is 23.2. The van der Waals surface area contributed by atoms with Crippen molar-refractivity contribution in [3.05, 3.63) is 58.4 Å². The molecule has 0 saturated carbocycles. The topological polar surface area (TPSA) is 67.5 Å². The molecular formula is C24H31N3O3. The Balaban J connectivity index is 2.20. The second-order valence-corrected chi connectivity index (χ2v) is 7.41. The molecule has 1 unspecified atom stereocenters. The molecule has 1 atom stereocenters. The Bertz CT molecular complexity index is 936. The van der Waals surface area contributed by atoms with E-state index in [2.05, 4.69) is 17.6 Å². The molecular weight excluding hydrogens is 378 g/mol. The molecule has 160 valence electrons. The van der Waals surface area contributed by atoms with E-state index in [1.807, 2.05) is 51.1 Å². The Kier molecular flexibility index (Phi) is 8.25. The highest BCUT2D eigenvalue weighted by Gasteiger charge is 2.18. The van der Waals surface area contributed by atoms with Gasteiger partial charge in [0, 0.05) is 32.1 Å². The fraction of sp³-hybridized carbons (Fsp3) is 0.417. The number of nitriles is 1. The number of amides is 1. The van der Waals surface area contributed by atoms with Gasteiger partial charge in [0.1, 0.15) is 17.4 Å². The zero-order valence-corrected chi connectivity index (χ0v) is 18.7. The van der Waals surface area contributed by atoms with E-state index in [-0.39, 0.29) is 17.5 Å². The number of likely N-dealkylation sites (N-methyl/N-ethyl adjacent to an activating group) is 1. The van der Waals surface area contributed by atoms with Crippen LogP contribution in [0.5, 0.6) is 5.75 Å². The van der Waals surface area contributed by atoms with Gasteiger partial charge in [0.2, 0.25) is 0 Å². The van der Waals surface area contributed by atoms with E-state index < -0.39 is 0 Å². The van der Waals surface area contributed by atoms with E-state index in [9.17, 15) is 10.1 Å². The number of hydrogen-bond donors (Lipinski definition) is 0. The third-order valence-electron chi connectivity index (χ3n) is 5.02. The summed E-state index contributed by atoms with van der Waals surface area (Å²) < 4.78 is 12.9. The van der Waals surface area contributed by atoms with Gasteiger partial charge in [-0.2, -0.15) is 5.26 Å². The largest absolute Gasteiger partial charge is 0.494 e. The summed E-state index contributed by atoms with van der Waals surface area (Å²) in [5, 5.41) is 9.62. The number of aryl methyl sites for hydroxylation is 1. The molecule has 0 saturated heterocycles. The highest BCUT2D eigenvalue weighted by molar-refractivity contribution is 6.01. The molecule has 6 heteroatoms. The Labute approximate surface area is 179 Å². The highest BCUT2D eigenvalue weighted by atomic mass is 16.5. The maximum Gasteiger partial charge on any atom is 0.264 e. The first-order valence-electron chi connectivity index (χ1n) is 10.1. The number of nitrogens with zero attached hydrogens (tertiary/aromatic N) is 3. The lowest BCUT2D eigenvalue weighted by Gasteiger charge is -2.18. The summed E-state index contributed by atoms with van der Waals surface area (Å²) in [6.07, 6.45) is 1.68. The van der Waals surface area contributed by atoms with Gasteiger partial charge in [-0.3, -0.25) is 4.79 Å². The van der Waals surface area contributed by atoms with E-state index in [1.165, 1.54) is 0 Å². The zero-order valence-electron chi connectivity index (χ0n) is 18.7. The van der Waals surface area contributed by atoms with Crippen LogP contribution in [0.2, 0.25) is 0 Å². The monoisotopic (exact) mass is 409 g/mol. The summed E-state index contributed by atoms with van der Waals surface area (Å²) in [6.45, 7) is 9.64. The number of benzene rings is 1. The summed E-state index contributed by atoms with van der Waals surface area (Å²) in [7, 11) is 3.38. The summed E-state index contributed by atoms with van der Waals surface area (Å²) in [5.41, 5.74) is 4.03. The van der Waals surface area contributed by atoms with Gasteiger partial charge in [0.25, 0.3) is 5.91 Å². The van der Waals surface area contributed by atoms with E-state index in [1.54, 1.807) is 25.1 Å². The minimum Gasteiger partial charge on any atom is -0.494 e. The fourth-order valence-electron chi connectivity index (χ4n) is 3.65. The van der Waals surface area contributed by atoms with Crippen LogP contribution in [0.1, 0.15) is 42.4 Å². The number of ether oxygens (including phenoxy) is 2. The molecule has 1 aromatic carbocycles. The molecule has 2 rings (SSSR count). The maximum atomic E-state index is 12.9. The minimum absolute atomic E-state index is 0.114. The van der Waals surface area contributed by atoms with Gasteiger partial charge in [0.05, 0.1) is 19.3 Å². The van der Waals surface area contributed by atoms with E-state index in [0.29, 0.717) is 19.8 Å². The van der Waals surface area contributed by atoms with Crippen molar-refractivity contribution in [1.29, 1.82) is 5.26 Å². The van der Waals surface area contributed by atoms with Crippen molar-refractivity contribution in [3.8, 4) is 11.8 Å². The van der Waals surface area contributed by atoms with Crippen LogP contribution in [0.15, 0.2) is 35.9 Å². The van der Waals surface area contributed by atoms with Crippen molar-refractivity contribution in [1.82, 2.24) is 9.47 Å². The lowest BCUT2D eigenvalue weighted by Crippen LogP contribution is -2.27. The zero-order chi connectivity index (χ0) is 22.3. The smallest absolute Gasteiger partial charge is 0.264 e. The van der Waals surface area contributed by atoms with Crippen LogP contribution >= 0.6 is 0 Å². The molecule has 0 N–H and O–H groups in total. The standard InChI is InChI=1S/C24H31N3O3/c1-7-30-23-10-8-20(9-11-23)15-26(5)24(28)22(14-25)13-21-12-17(2)27(19(21)4)18(3)16-29-6/h8-13,18H,7,15-16H2,1-6H3/b22-13+. The van der Waals surface area contributed by atoms with Crippen molar-refractivity contribution in [2.24, 2.45) is 0 Å². The summed E-state index contributed by atoms with van der Waals surface area (Å²) >= 11 is 0. The van der Waals surface area contributed by atoms with Crippen LogP contribution in [0.3, 0.4) is 0 Å². The number of rotatable bonds is 9. The van der Waals surface area contributed by atoms with Crippen LogP contribution in [-0.2, 0) is 16.1 Å². The molecule has 6 nitrogen and oxygen atoms in total. The number of aromatic nitrogens is 1. The normalized spacial score (nSPS) is 12.4. The number of hydrogen-bond acceptors (Lipinski definition) is 4. The molecule has 30 heavy (non-hydrogen) atoms. The van der Waals surface area contributed by atoms with E-state index in [4.69, 9.17) is 9.47 Å². The van der Waals surface area contributed by atoms with Gasteiger partial charge in [-0.1, -0.05) is 12.1 Å². The Morgan fingerprint density at radius 1 is 1.30 bits per heavy atom. The minimum atomic E-state index is -0.305. The Morgan fingerprint density at radius 2 is 1.97 bits per heavy atom.